The number of carbonyl (C=O) groups excluding carboxylic acids is 1. The van der Waals surface area contributed by atoms with Crippen LogP contribution in [0.5, 0.6) is 5.75 Å². The Morgan fingerprint density at radius 2 is 1.61 bits per heavy atom. The molecule has 0 saturated heterocycles. The highest BCUT2D eigenvalue weighted by atomic mass is 32.2. The summed E-state index contributed by atoms with van der Waals surface area (Å²) in [7, 11) is -3.98. The lowest BCUT2D eigenvalue weighted by molar-refractivity contribution is -0.117. The first-order valence-corrected chi connectivity index (χ1v) is 11.2. The summed E-state index contributed by atoms with van der Waals surface area (Å²) < 4.78 is 46.8. The van der Waals surface area contributed by atoms with Crippen molar-refractivity contribution in [3.05, 3.63) is 90.2 Å². The van der Waals surface area contributed by atoms with E-state index in [0.717, 1.165) is 5.56 Å². The van der Waals surface area contributed by atoms with Crippen LogP contribution in [0.2, 0.25) is 0 Å². The van der Waals surface area contributed by atoms with E-state index >= 15 is 0 Å². The second-order valence-corrected chi connectivity index (χ2v) is 8.48. The van der Waals surface area contributed by atoms with Crippen molar-refractivity contribution in [1.82, 2.24) is 4.72 Å². The molecule has 3 rings (SSSR count). The third-order valence-corrected chi connectivity index (χ3v) is 5.94. The van der Waals surface area contributed by atoms with Crippen molar-refractivity contribution in [2.24, 2.45) is 0 Å². The molecule has 0 aliphatic carbocycles. The van der Waals surface area contributed by atoms with Crippen LogP contribution < -0.4 is 14.8 Å². The second kappa shape index (κ2) is 10.2. The average Bonchev–Trinajstić information content (AvgIpc) is 2.76. The largest absolute Gasteiger partial charge is 0.494 e. The third-order valence-electron chi connectivity index (χ3n) is 4.45. The van der Waals surface area contributed by atoms with Gasteiger partial charge in [0.2, 0.25) is 15.9 Å². The van der Waals surface area contributed by atoms with Gasteiger partial charge in [0.15, 0.2) is 0 Å². The smallest absolute Gasteiger partial charge is 0.242 e. The molecule has 1 unspecified atom stereocenters. The average molecular weight is 443 g/mol. The van der Waals surface area contributed by atoms with Gasteiger partial charge < -0.3 is 10.1 Å². The van der Waals surface area contributed by atoms with Crippen molar-refractivity contribution in [3.8, 4) is 5.75 Å². The molecule has 0 spiro atoms. The molecule has 8 heteroatoms. The number of anilines is 1. The maximum atomic E-state index is 13.1. The van der Waals surface area contributed by atoms with Crippen molar-refractivity contribution < 1.29 is 22.3 Å². The normalized spacial score (nSPS) is 12.2. The summed E-state index contributed by atoms with van der Waals surface area (Å²) in [5, 5.41) is 2.64. The molecule has 0 bridgehead atoms. The lowest BCUT2D eigenvalue weighted by Gasteiger charge is -2.19. The summed E-state index contributed by atoms with van der Waals surface area (Å²) in [6, 6.07) is 19.2. The first-order valence-electron chi connectivity index (χ1n) is 9.73. The molecule has 1 atom stereocenters. The lowest BCUT2D eigenvalue weighted by Crippen LogP contribution is -2.45. The van der Waals surface area contributed by atoms with E-state index in [1.54, 1.807) is 12.1 Å². The van der Waals surface area contributed by atoms with Gasteiger partial charge in [-0.1, -0.05) is 30.3 Å². The summed E-state index contributed by atoms with van der Waals surface area (Å²) in [5.41, 5.74) is 1.15. The number of carbonyl (C=O) groups is 1. The van der Waals surface area contributed by atoms with Gasteiger partial charge in [0.25, 0.3) is 0 Å². The minimum atomic E-state index is -3.98. The standard InChI is InChI=1S/C23H23FN2O4S/c1-2-30-20-12-14-21(15-13-20)31(28,29)26-22(16-17-6-4-3-5-7-17)23(27)25-19-10-8-18(24)9-11-19/h3-15,22,26H,2,16H2,1H3,(H,25,27). The van der Waals surface area contributed by atoms with Gasteiger partial charge >= 0.3 is 0 Å². The minimum Gasteiger partial charge on any atom is -0.494 e. The van der Waals surface area contributed by atoms with E-state index in [-0.39, 0.29) is 11.3 Å². The van der Waals surface area contributed by atoms with Gasteiger partial charge in [0.1, 0.15) is 17.6 Å². The van der Waals surface area contributed by atoms with E-state index in [9.17, 15) is 17.6 Å². The van der Waals surface area contributed by atoms with Crippen LogP contribution in [0.4, 0.5) is 10.1 Å². The Morgan fingerprint density at radius 3 is 2.23 bits per heavy atom. The molecule has 31 heavy (non-hydrogen) atoms. The molecule has 0 radical (unpaired) electrons. The molecule has 0 heterocycles. The van der Waals surface area contributed by atoms with Crippen molar-refractivity contribution in [2.45, 2.75) is 24.3 Å². The fraction of sp³-hybridized carbons (Fsp3) is 0.174. The monoisotopic (exact) mass is 442 g/mol. The summed E-state index contributed by atoms with van der Waals surface area (Å²) in [5.74, 6) is -0.434. The number of benzene rings is 3. The zero-order valence-corrected chi connectivity index (χ0v) is 17.7. The third kappa shape index (κ3) is 6.37. The van der Waals surface area contributed by atoms with Gasteiger partial charge in [-0.2, -0.15) is 4.72 Å². The number of amides is 1. The molecule has 3 aromatic carbocycles. The van der Waals surface area contributed by atoms with E-state index in [2.05, 4.69) is 10.0 Å². The van der Waals surface area contributed by atoms with Crippen LogP contribution in [0.3, 0.4) is 0 Å². The van der Waals surface area contributed by atoms with Gasteiger partial charge in [0, 0.05) is 5.69 Å². The molecule has 1 amide bonds. The van der Waals surface area contributed by atoms with Crippen molar-refractivity contribution in [3.63, 3.8) is 0 Å². The van der Waals surface area contributed by atoms with Crippen molar-refractivity contribution in [1.29, 1.82) is 0 Å². The summed E-state index contributed by atoms with van der Waals surface area (Å²) in [6.45, 7) is 2.30. The van der Waals surface area contributed by atoms with E-state index in [1.807, 2.05) is 37.3 Å². The van der Waals surface area contributed by atoms with Crippen LogP contribution in [-0.4, -0.2) is 27.0 Å². The summed E-state index contributed by atoms with van der Waals surface area (Å²) in [6.07, 6.45) is 0.143. The minimum absolute atomic E-state index is 0.0172. The summed E-state index contributed by atoms with van der Waals surface area (Å²) in [4.78, 5) is 12.9. The Hall–Kier alpha value is -3.23. The van der Waals surface area contributed by atoms with Crippen LogP contribution in [0.1, 0.15) is 12.5 Å². The Labute approximate surface area is 181 Å². The molecule has 0 aliphatic rings. The van der Waals surface area contributed by atoms with E-state index in [4.69, 9.17) is 4.74 Å². The van der Waals surface area contributed by atoms with Crippen LogP contribution in [0.25, 0.3) is 0 Å². The number of nitrogens with one attached hydrogen (secondary N) is 2. The highest BCUT2D eigenvalue weighted by molar-refractivity contribution is 7.89. The van der Waals surface area contributed by atoms with Gasteiger partial charge in [0.05, 0.1) is 11.5 Å². The number of sulfonamides is 1. The molecular weight excluding hydrogens is 419 g/mol. The fourth-order valence-corrected chi connectivity index (χ4v) is 4.13. The Morgan fingerprint density at radius 1 is 0.968 bits per heavy atom. The van der Waals surface area contributed by atoms with E-state index in [0.29, 0.717) is 18.0 Å². The predicted octanol–water partition coefficient (Wildman–Crippen LogP) is 3.75. The maximum absolute atomic E-state index is 13.1. The topological polar surface area (TPSA) is 84.5 Å². The second-order valence-electron chi connectivity index (χ2n) is 6.76. The van der Waals surface area contributed by atoms with Crippen LogP contribution in [-0.2, 0) is 21.2 Å². The SMILES string of the molecule is CCOc1ccc(S(=O)(=O)NC(Cc2ccccc2)C(=O)Nc2ccc(F)cc2)cc1. The predicted molar refractivity (Wildman–Crippen MR) is 117 cm³/mol. The number of rotatable bonds is 9. The first kappa shape index (κ1) is 22.5. The highest BCUT2D eigenvalue weighted by Crippen LogP contribution is 2.17. The van der Waals surface area contributed by atoms with Crippen molar-refractivity contribution in [2.75, 3.05) is 11.9 Å². The zero-order valence-electron chi connectivity index (χ0n) is 16.9. The van der Waals surface area contributed by atoms with E-state index in [1.165, 1.54) is 36.4 Å². The zero-order chi connectivity index (χ0) is 22.3. The molecule has 0 saturated carbocycles. The number of ether oxygens (including phenoxy) is 1. The van der Waals surface area contributed by atoms with Crippen LogP contribution in [0, 0.1) is 5.82 Å². The first-order chi connectivity index (χ1) is 14.9. The number of hydrogen-bond donors (Lipinski definition) is 2. The molecule has 0 aromatic heterocycles. The molecule has 0 fully saturated rings. The van der Waals surface area contributed by atoms with E-state index < -0.39 is 27.8 Å². The van der Waals surface area contributed by atoms with Crippen molar-refractivity contribution >= 4 is 21.6 Å². The Balaban J connectivity index is 1.82. The highest BCUT2D eigenvalue weighted by Gasteiger charge is 2.26. The van der Waals surface area contributed by atoms with Gasteiger partial charge in [-0.15, -0.1) is 0 Å². The van der Waals surface area contributed by atoms with Crippen LogP contribution >= 0.6 is 0 Å². The molecule has 0 aliphatic heterocycles. The molecule has 162 valence electrons. The fourth-order valence-electron chi connectivity index (χ4n) is 2.94. The Kier molecular flexibility index (Phi) is 7.38. The Bertz CT molecular complexity index is 1100. The number of halogens is 1. The van der Waals surface area contributed by atoms with Gasteiger partial charge in [-0.25, -0.2) is 12.8 Å². The maximum Gasteiger partial charge on any atom is 0.242 e. The quantitative estimate of drug-likeness (QED) is 0.529. The molecule has 3 aromatic rings. The van der Waals surface area contributed by atoms with Gasteiger partial charge in [-0.05, 0) is 67.4 Å². The molecular formula is C23H23FN2O4S. The van der Waals surface area contributed by atoms with Gasteiger partial charge in [-0.3, -0.25) is 4.79 Å². The molecule has 6 nitrogen and oxygen atoms in total. The summed E-state index contributed by atoms with van der Waals surface area (Å²) >= 11 is 0. The van der Waals surface area contributed by atoms with Crippen LogP contribution in [0.15, 0.2) is 83.8 Å². The lowest BCUT2D eigenvalue weighted by atomic mass is 10.1. The number of hydrogen-bond acceptors (Lipinski definition) is 4. The molecule has 2 N–H and O–H groups in total.